The zero-order valence-corrected chi connectivity index (χ0v) is 13.6. The van der Waals surface area contributed by atoms with Gasteiger partial charge >= 0.3 is 0 Å². The molecule has 0 saturated carbocycles. The Kier molecular flexibility index (Phi) is 3.88. The van der Waals surface area contributed by atoms with Crippen LogP contribution in [-0.4, -0.2) is 16.5 Å². The fraction of sp³-hybridized carbons (Fsp3) is 0.176. The summed E-state index contributed by atoms with van der Waals surface area (Å²) in [6.07, 6.45) is 0. The van der Waals surface area contributed by atoms with Gasteiger partial charge in [-0.3, -0.25) is 0 Å². The first-order chi connectivity index (χ1) is 10.2. The molecule has 0 spiro atoms. The first-order valence-corrected chi connectivity index (χ1v) is 7.75. The van der Waals surface area contributed by atoms with E-state index in [0.717, 1.165) is 39.1 Å². The number of hydrogen-bond donors (Lipinski definition) is 1. The average molecular weight is 342 g/mol. The zero-order valence-electron chi connectivity index (χ0n) is 12.0. The van der Waals surface area contributed by atoms with Crippen LogP contribution in [0.1, 0.15) is 12.5 Å². The third-order valence-corrected chi connectivity index (χ3v) is 3.77. The molecule has 0 amide bonds. The van der Waals surface area contributed by atoms with Crippen molar-refractivity contribution in [1.82, 2.24) is 9.97 Å². The van der Waals surface area contributed by atoms with Crippen LogP contribution in [0.2, 0.25) is 0 Å². The van der Waals surface area contributed by atoms with Gasteiger partial charge in [0.2, 0.25) is 0 Å². The number of rotatable bonds is 3. The number of aryl methyl sites for hydroxylation is 1. The molecule has 21 heavy (non-hydrogen) atoms. The second kappa shape index (κ2) is 5.82. The predicted molar refractivity (Wildman–Crippen MR) is 91.6 cm³/mol. The van der Waals surface area contributed by atoms with Crippen molar-refractivity contribution in [2.45, 2.75) is 13.8 Å². The number of fused-ring (bicyclic) bond motifs is 1. The first-order valence-electron chi connectivity index (χ1n) is 6.95. The fourth-order valence-electron chi connectivity index (χ4n) is 2.32. The van der Waals surface area contributed by atoms with Crippen molar-refractivity contribution in [2.24, 2.45) is 0 Å². The SMILES string of the molecule is CCNc1nc(-c2cccc(C)c2)nc2ccc(Br)cc12. The van der Waals surface area contributed by atoms with E-state index in [4.69, 9.17) is 9.97 Å². The van der Waals surface area contributed by atoms with Crippen LogP contribution in [0.25, 0.3) is 22.3 Å². The molecule has 0 aliphatic heterocycles. The summed E-state index contributed by atoms with van der Waals surface area (Å²) in [6, 6.07) is 14.3. The highest BCUT2D eigenvalue weighted by molar-refractivity contribution is 9.10. The second-order valence-corrected chi connectivity index (χ2v) is 5.87. The maximum Gasteiger partial charge on any atom is 0.162 e. The molecule has 1 N–H and O–H groups in total. The van der Waals surface area contributed by atoms with E-state index in [1.807, 2.05) is 30.3 Å². The molecule has 0 unspecified atom stereocenters. The van der Waals surface area contributed by atoms with E-state index in [0.29, 0.717) is 0 Å². The maximum atomic E-state index is 4.70. The number of nitrogens with zero attached hydrogens (tertiary/aromatic N) is 2. The maximum absolute atomic E-state index is 4.70. The van der Waals surface area contributed by atoms with Crippen molar-refractivity contribution < 1.29 is 0 Å². The Morgan fingerprint density at radius 2 is 1.95 bits per heavy atom. The van der Waals surface area contributed by atoms with Crippen LogP contribution in [0, 0.1) is 6.92 Å². The van der Waals surface area contributed by atoms with E-state index in [1.165, 1.54) is 5.56 Å². The van der Waals surface area contributed by atoms with E-state index in [1.54, 1.807) is 0 Å². The van der Waals surface area contributed by atoms with Crippen molar-refractivity contribution in [2.75, 3.05) is 11.9 Å². The van der Waals surface area contributed by atoms with Crippen LogP contribution in [0.5, 0.6) is 0 Å². The quantitative estimate of drug-likeness (QED) is 0.743. The minimum atomic E-state index is 0.754. The molecule has 0 saturated heterocycles. The topological polar surface area (TPSA) is 37.8 Å². The molecule has 0 bridgehead atoms. The first kappa shape index (κ1) is 14.0. The number of anilines is 1. The van der Waals surface area contributed by atoms with Crippen LogP contribution in [0.3, 0.4) is 0 Å². The van der Waals surface area contributed by atoms with Gasteiger partial charge in [-0.25, -0.2) is 9.97 Å². The van der Waals surface area contributed by atoms with Gasteiger partial charge in [-0.15, -0.1) is 0 Å². The molecular weight excluding hydrogens is 326 g/mol. The van der Waals surface area contributed by atoms with E-state index in [9.17, 15) is 0 Å². The summed E-state index contributed by atoms with van der Waals surface area (Å²) in [7, 11) is 0. The Hall–Kier alpha value is -1.94. The molecule has 3 aromatic rings. The minimum absolute atomic E-state index is 0.754. The zero-order chi connectivity index (χ0) is 14.8. The van der Waals surface area contributed by atoms with Crippen molar-refractivity contribution in [3.8, 4) is 11.4 Å². The van der Waals surface area contributed by atoms with Gasteiger partial charge in [0.05, 0.1) is 5.52 Å². The molecule has 3 nitrogen and oxygen atoms in total. The molecular formula is C17H16BrN3. The van der Waals surface area contributed by atoms with Gasteiger partial charge in [-0.1, -0.05) is 39.7 Å². The van der Waals surface area contributed by atoms with Gasteiger partial charge < -0.3 is 5.32 Å². The average Bonchev–Trinajstić information content (AvgIpc) is 2.48. The Balaban J connectivity index is 2.23. The van der Waals surface area contributed by atoms with Crippen LogP contribution in [0.4, 0.5) is 5.82 Å². The van der Waals surface area contributed by atoms with Gasteiger partial charge in [-0.05, 0) is 38.1 Å². The number of aromatic nitrogens is 2. The molecule has 106 valence electrons. The van der Waals surface area contributed by atoms with Gasteiger partial charge in [0.1, 0.15) is 5.82 Å². The van der Waals surface area contributed by atoms with E-state index in [-0.39, 0.29) is 0 Å². The standard InChI is InChI=1S/C17H16BrN3/c1-3-19-17-14-10-13(18)7-8-15(14)20-16(21-17)12-6-4-5-11(2)9-12/h4-10H,3H2,1-2H3,(H,19,20,21). The molecule has 3 rings (SSSR count). The summed E-state index contributed by atoms with van der Waals surface area (Å²) in [5.74, 6) is 1.63. The van der Waals surface area contributed by atoms with Crippen molar-refractivity contribution in [3.05, 3.63) is 52.5 Å². The Labute approximate surface area is 132 Å². The molecule has 0 aliphatic rings. The van der Waals surface area contributed by atoms with Crippen molar-refractivity contribution >= 4 is 32.7 Å². The molecule has 2 aromatic carbocycles. The van der Waals surface area contributed by atoms with Crippen LogP contribution in [0.15, 0.2) is 46.9 Å². The number of benzene rings is 2. The molecule has 0 fully saturated rings. The number of nitrogens with one attached hydrogen (secondary N) is 1. The summed E-state index contributed by atoms with van der Waals surface area (Å²) in [6.45, 7) is 4.97. The lowest BCUT2D eigenvalue weighted by molar-refractivity contribution is 1.14. The summed E-state index contributed by atoms with van der Waals surface area (Å²) >= 11 is 3.51. The van der Waals surface area contributed by atoms with E-state index in [2.05, 4.69) is 47.2 Å². The highest BCUT2D eigenvalue weighted by Crippen LogP contribution is 2.27. The lowest BCUT2D eigenvalue weighted by atomic mass is 10.1. The molecule has 1 heterocycles. The van der Waals surface area contributed by atoms with Crippen molar-refractivity contribution in [3.63, 3.8) is 0 Å². The summed E-state index contributed by atoms with van der Waals surface area (Å²) < 4.78 is 1.03. The Morgan fingerprint density at radius 1 is 1.10 bits per heavy atom. The monoisotopic (exact) mass is 341 g/mol. The molecule has 0 radical (unpaired) electrons. The molecule has 0 aliphatic carbocycles. The third-order valence-electron chi connectivity index (χ3n) is 3.28. The molecule has 1 aromatic heterocycles. The summed E-state index contributed by atoms with van der Waals surface area (Å²) in [5.41, 5.74) is 3.19. The summed E-state index contributed by atoms with van der Waals surface area (Å²) in [5, 5.41) is 4.36. The second-order valence-electron chi connectivity index (χ2n) is 4.96. The fourth-order valence-corrected chi connectivity index (χ4v) is 2.68. The normalized spacial score (nSPS) is 10.8. The highest BCUT2D eigenvalue weighted by atomic mass is 79.9. The van der Waals surface area contributed by atoms with Gasteiger partial charge in [-0.2, -0.15) is 0 Å². The van der Waals surface area contributed by atoms with E-state index >= 15 is 0 Å². The van der Waals surface area contributed by atoms with Gasteiger partial charge in [0, 0.05) is 22.0 Å². The van der Waals surface area contributed by atoms with Gasteiger partial charge in [0.15, 0.2) is 5.82 Å². The number of hydrogen-bond acceptors (Lipinski definition) is 3. The van der Waals surface area contributed by atoms with Crippen LogP contribution >= 0.6 is 15.9 Å². The Morgan fingerprint density at radius 3 is 2.71 bits per heavy atom. The highest BCUT2D eigenvalue weighted by Gasteiger charge is 2.09. The van der Waals surface area contributed by atoms with Crippen LogP contribution in [-0.2, 0) is 0 Å². The molecule has 4 heteroatoms. The molecule has 0 atom stereocenters. The van der Waals surface area contributed by atoms with E-state index < -0.39 is 0 Å². The predicted octanol–water partition coefficient (Wildman–Crippen LogP) is 4.80. The van der Waals surface area contributed by atoms with Crippen LogP contribution < -0.4 is 5.32 Å². The number of halogens is 1. The third kappa shape index (κ3) is 2.90. The lowest BCUT2D eigenvalue weighted by Crippen LogP contribution is -2.03. The lowest BCUT2D eigenvalue weighted by Gasteiger charge is -2.10. The smallest absolute Gasteiger partial charge is 0.162 e. The van der Waals surface area contributed by atoms with Gasteiger partial charge in [0.25, 0.3) is 0 Å². The van der Waals surface area contributed by atoms with Crippen molar-refractivity contribution in [1.29, 1.82) is 0 Å². The minimum Gasteiger partial charge on any atom is -0.370 e. The summed E-state index contributed by atoms with van der Waals surface area (Å²) in [4.78, 5) is 9.40. The Bertz CT molecular complexity index is 799. The largest absolute Gasteiger partial charge is 0.370 e.